The second kappa shape index (κ2) is 8.80. The zero-order valence-electron chi connectivity index (χ0n) is 16.9. The highest BCUT2D eigenvalue weighted by atomic mass is 15.5. The van der Waals surface area contributed by atoms with Gasteiger partial charge in [0.2, 0.25) is 0 Å². The third-order valence-electron chi connectivity index (χ3n) is 5.05. The Morgan fingerprint density at radius 2 is 1.24 bits per heavy atom. The van der Waals surface area contributed by atoms with Gasteiger partial charge in [0.15, 0.2) is 5.82 Å². The minimum atomic E-state index is 0.657. The van der Waals surface area contributed by atoms with Gasteiger partial charge in [-0.25, -0.2) is 0 Å². The molecule has 1 heterocycles. The third-order valence-corrected chi connectivity index (χ3v) is 5.05. The van der Waals surface area contributed by atoms with Crippen molar-refractivity contribution in [3.05, 3.63) is 107 Å². The van der Waals surface area contributed by atoms with Crippen molar-refractivity contribution >= 4 is 0 Å². The predicted octanol–water partition coefficient (Wildman–Crippen LogP) is 4.48. The Bertz CT molecular complexity index is 995. The SMILES string of the molecule is Cc1cccc(C)c1-n1nnnc1CN(Cc1ccccc1)Cc1ccccc1. The lowest BCUT2D eigenvalue weighted by Gasteiger charge is -2.22. The van der Waals surface area contributed by atoms with Crippen molar-refractivity contribution in [3.8, 4) is 5.69 Å². The summed E-state index contributed by atoms with van der Waals surface area (Å²) in [4.78, 5) is 2.38. The molecule has 0 amide bonds. The number of nitrogens with zero attached hydrogens (tertiary/aromatic N) is 5. The summed E-state index contributed by atoms with van der Waals surface area (Å²) in [6.07, 6.45) is 0. The van der Waals surface area contributed by atoms with Crippen LogP contribution in [0.4, 0.5) is 0 Å². The second-order valence-corrected chi connectivity index (χ2v) is 7.36. The predicted molar refractivity (Wildman–Crippen MR) is 114 cm³/mol. The lowest BCUT2D eigenvalue weighted by molar-refractivity contribution is 0.239. The van der Waals surface area contributed by atoms with Crippen LogP contribution in [0.1, 0.15) is 28.1 Å². The molecule has 0 saturated heterocycles. The molecule has 0 spiro atoms. The highest BCUT2D eigenvalue weighted by Crippen LogP contribution is 2.20. The van der Waals surface area contributed by atoms with Crippen LogP contribution in [0.25, 0.3) is 5.69 Å². The van der Waals surface area contributed by atoms with Crippen molar-refractivity contribution in [2.75, 3.05) is 0 Å². The molecule has 3 aromatic carbocycles. The zero-order chi connectivity index (χ0) is 20.1. The first-order valence-electron chi connectivity index (χ1n) is 9.85. The quantitative estimate of drug-likeness (QED) is 0.472. The molecule has 0 aliphatic rings. The Labute approximate surface area is 171 Å². The summed E-state index contributed by atoms with van der Waals surface area (Å²) in [5.74, 6) is 0.842. The van der Waals surface area contributed by atoms with E-state index in [0.29, 0.717) is 6.54 Å². The van der Waals surface area contributed by atoms with Gasteiger partial charge < -0.3 is 0 Å². The molecule has 0 unspecified atom stereocenters. The van der Waals surface area contributed by atoms with Crippen LogP contribution in [0, 0.1) is 13.8 Å². The lowest BCUT2D eigenvalue weighted by atomic mass is 10.1. The monoisotopic (exact) mass is 383 g/mol. The van der Waals surface area contributed by atoms with Gasteiger partial charge in [0.05, 0.1) is 12.2 Å². The van der Waals surface area contributed by atoms with Gasteiger partial charge in [0.1, 0.15) is 0 Å². The number of benzene rings is 3. The maximum atomic E-state index is 4.36. The number of hydrogen-bond donors (Lipinski definition) is 0. The van der Waals surface area contributed by atoms with Crippen LogP contribution in [0.15, 0.2) is 78.9 Å². The maximum Gasteiger partial charge on any atom is 0.170 e. The topological polar surface area (TPSA) is 46.8 Å². The van der Waals surface area contributed by atoms with E-state index >= 15 is 0 Å². The maximum absolute atomic E-state index is 4.36. The normalized spacial score (nSPS) is 11.1. The fraction of sp³-hybridized carbons (Fsp3) is 0.208. The molecule has 4 rings (SSSR count). The van der Waals surface area contributed by atoms with E-state index in [2.05, 4.69) is 101 Å². The number of aromatic nitrogens is 4. The fourth-order valence-electron chi connectivity index (χ4n) is 3.67. The molecule has 0 N–H and O–H groups in total. The Morgan fingerprint density at radius 1 is 0.690 bits per heavy atom. The van der Waals surface area contributed by atoms with Gasteiger partial charge in [0, 0.05) is 13.1 Å². The van der Waals surface area contributed by atoms with Gasteiger partial charge in [-0.1, -0.05) is 78.9 Å². The minimum absolute atomic E-state index is 0.657. The summed E-state index contributed by atoms with van der Waals surface area (Å²) in [7, 11) is 0. The van der Waals surface area contributed by atoms with Crippen molar-refractivity contribution in [1.29, 1.82) is 0 Å². The van der Waals surface area contributed by atoms with Crippen molar-refractivity contribution < 1.29 is 0 Å². The molecule has 0 atom stereocenters. The van der Waals surface area contributed by atoms with Gasteiger partial charge in [-0.05, 0) is 46.5 Å². The summed E-state index contributed by atoms with van der Waals surface area (Å²) in [6.45, 7) is 6.51. The standard InChI is InChI=1S/C24H25N5/c1-19-10-9-11-20(2)24(19)29-23(25-26-27-29)18-28(16-21-12-5-3-6-13-21)17-22-14-7-4-8-15-22/h3-15H,16-18H2,1-2H3. The largest absolute Gasteiger partial charge is 0.287 e. The first kappa shape index (κ1) is 19.0. The number of tetrazole rings is 1. The zero-order valence-corrected chi connectivity index (χ0v) is 16.9. The van der Waals surface area contributed by atoms with Gasteiger partial charge in [-0.15, -0.1) is 5.10 Å². The highest BCUT2D eigenvalue weighted by Gasteiger charge is 2.17. The molecule has 5 nitrogen and oxygen atoms in total. The minimum Gasteiger partial charge on any atom is -0.287 e. The molecular formula is C24H25N5. The van der Waals surface area contributed by atoms with Crippen molar-refractivity contribution in [3.63, 3.8) is 0 Å². The second-order valence-electron chi connectivity index (χ2n) is 7.36. The van der Waals surface area contributed by atoms with E-state index in [4.69, 9.17) is 0 Å². The average Bonchev–Trinajstić information content (AvgIpc) is 3.17. The highest BCUT2D eigenvalue weighted by molar-refractivity contribution is 5.46. The Kier molecular flexibility index (Phi) is 5.77. The molecule has 0 bridgehead atoms. The van der Waals surface area contributed by atoms with Gasteiger partial charge in [-0.3, -0.25) is 4.90 Å². The van der Waals surface area contributed by atoms with E-state index in [1.165, 1.54) is 11.1 Å². The number of aryl methyl sites for hydroxylation is 2. The van der Waals surface area contributed by atoms with Crippen molar-refractivity contribution in [2.45, 2.75) is 33.5 Å². The molecule has 0 saturated carbocycles. The first-order valence-corrected chi connectivity index (χ1v) is 9.85. The summed E-state index contributed by atoms with van der Waals surface area (Å²) in [6, 6.07) is 27.3. The molecule has 146 valence electrons. The number of rotatable bonds is 7. The van der Waals surface area contributed by atoms with E-state index < -0.39 is 0 Å². The van der Waals surface area contributed by atoms with E-state index in [-0.39, 0.29) is 0 Å². The van der Waals surface area contributed by atoms with E-state index in [0.717, 1.165) is 35.7 Å². The van der Waals surface area contributed by atoms with Gasteiger partial charge >= 0.3 is 0 Å². The Hall–Kier alpha value is -3.31. The molecule has 1 aromatic heterocycles. The number of para-hydroxylation sites is 1. The van der Waals surface area contributed by atoms with Crippen molar-refractivity contribution in [2.24, 2.45) is 0 Å². The molecular weight excluding hydrogens is 358 g/mol. The molecule has 0 aliphatic heterocycles. The fourth-order valence-corrected chi connectivity index (χ4v) is 3.67. The van der Waals surface area contributed by atoms with Crippen LogP contribution in [-0.2, 0) is 19.6 Å². The molecule has 4 aromatic rings. The summed E-state index contributed by atoms with van der Waals surface area (Å²) in [5.41, 5.74) is 5.93. The van der Waals surface area contributed by atoms with Gasteiger partial charge in [-0.2, -0.15) is 4.68 Å². The molecule has 29 heavy (non-hydrogen) atoms. The molecule has 0 aliphatic carbocycles. The third kappa shape index (κ3) is 4.58. The first-order chi connectivity index (χ1) is 14.2. The summed E-state index contributed by atoms with van der Waals surface area (Å²) >= 11 is 0. The molecule has 0 fully saturated rings. The summed E-state index contributed by atoms with van der Waals surface area (Å²) in [5, 5.41) is 12.6. The Morgan fingerprint density at radius 3 is 1.79 bits per heavy atom. The van der Waals surface area contributed by atoms with Crippen LogP contribution in [0.2, 0.25) is 0 Å². The average molecular weight is 383 g/mol. The summed E-state index contributed by atoms with van der Waals surface area (Å²) < 4.78 is 1.88. The lowest BCUT2D eigenvalue weighted by Crippen LogP contribution is -2.24. The van der Waals surface area contributed by atoms with E-state index in [1.54, 1.807) is 0 Å². The smallest absolute Gasteiger partial charge is 0.170 e. The van der Waals surface area contributed by atoms with Crippen LogP contribution in [0.3, 0.4) is 0 Å². The number of hydrogen-bond acceptors (Lipinski definition) is 4. The van der Waals surface area contributed by atoms with Gasteiger partial charge in [0.25, 0.3) is 0 Å². The Balaban J connectivity index is 1.64. The molecule has 5 heteroatoms. The van der Waals surface area contributed by atoms with Crippen LogP contribution in [0.5, 0.6) is 0 Å². The van der Waals surface area contributed by atoms with Crippen LogP contribution in [-0.4, -0.2) is 25.1 Å². The van der Waals surface area contributed by atoms with Crippen LogP contribution >= 0.6 is 0 Å². The van der Waals surface area contributed by atoms with Crippen molar-refractivity contribution in [1.82, 2.24) is 25.1 Å². The van der Waals surface area contributed by atoms with E-state index in [1.807, 2.05) is 16.8 Å². The van der Waals surface area contributed by atoms with E-state index in [9.17, 15) is 0 Å². The molecule has 0 radical (unpaired) electrons. The van der Waals surface area contributed by atoms with Crippen LogP contribution < -0.4 is 0 Å².